The molecule has 0 saturated carbocycles. The fourth-order valence-corrected chi connectivity index (χ4v) is 3.62. The second kappa shape index (κ2) is 10.1. The van der Waals surface area contributed by atoms with Crippen LogP contribution in [0, 0.1) is 0 Å². The molecule has 1 unspecified atom stereocenters. The lowest BCUT2D eigenvalue weighted by atomic mass is 10.2. The molecular weight excluding hydrogens is 430 g/mol. The summed E-state index contributed by atoms with van der Waals surface area (Å²) in [5.74, 6) is -0.424. The molecule has 2 aromatic carbocycles. The highest BCUT2D eigenvalue weighted by Crippen LogP contribution is 2.31. The number of nitrogens with zero attached hydrogens (tertiary/aromatic N) is 2. The average Bonchev–Trinajstić information content (AvgIpc) is 3.06. The number of benzene rings is 2. The van der Waals surface area contributed by atoms with E-state index in [2.05, 4.69) is 15.5 Å². The smallest absolute Gasteiger partial charge is 0.305 e. The topological polar surface area (TPSA) is 110 Å². The van der Waals surface area contributed by atoms with Crippen molar-refractivity contribution in [3.8, 4) is 11.5 Å². The van der Waals surface area contributed by atoms with E-state index in [0.717, 1.165) is 17.3 Å². The lowest BCUT2D eigenvalue weighted by Crippen LogP contribution is -2.26. The number of nitrogens with one attached hydrogen (secondary N) is 1. The summed E-state index contributed by atoms with van der Waals surface area (Å²) in [7, 11) is 1.54. The number of methoxy groups -OCH3 is 1. The van der Waals surface area contributed by atoms with Gasteiger partial charge in [0.25, 0.3) is 0 Å². The third-order valence-corrected chi connectivity index (χ3v) is 5.33. The molecule has 156 valence electrons. The monoisotopic (exact) mass is 447 g/mol. The van der Waals surface area contributed by atoms with Crippen LogP contribution in [0.1, 0.15) is 17.5 Å². The number of amidine groups is 1. The summed E-state index contributed by atoms with van der Waals surface area (Å²) in [6.07, 6.45) is 1.20. The van der Waals surface area contributed by atoms with Crippen LogP contribution in [-0.4, -0.2) is 40.7 Å². The number of para-hydroxylation sites is 1. The van der Waals surface area contributed by atoms with Gasteiger partial charge in [-0.1, -0.05) is 41.6 Å². The van der Waals surface area contributed by atoms with Crippen molar-refractivity contribution in [3.05, 3.63) is 58.6 Å². The summed E-state index contributed by atoms with van der Waals surface area (Å²) in [6, 6.07) is 12.6. The summed E-state index contributed by atoms with van der Waals surface area (Å²) >= 11 is 6.94. The van der Waals surface area contributed by atoms with Crippen LogP contribution < -0.4 is 14.8 Å². The predicted molar refractivity (Wildman–Crippen MR) is 116 cm³/mol. The minimum atomic E-state index is -1.05. The average molecular weight is 448 g/mol. The molecule has 0 radical (unpaired) electrons. The maximum absolute atomic E-state index is 11.8. The van der Waals surface area contributed by atoms with Crippen molar-refractivity contribution in [2.24, 2.45) is 10.2 Å². The molecule has 1 saturated heterocycles. The number of carbonyl (C=O) groups is 2. The molecule has 30 heavy (non-hydrogen) atoms. The number of hydrogen-bond acceptors (Lipinski definition) is 7. The lowest BCUT2D eigenvalue weighted by molar-refractivity contribution is -0.138. The fraction of sp³-hybridized carbons (Fsp3) is 0.200. The number of ether oxygens (including phenoxy) is 2. The first-order valence-electron chi connectivity index (χ1n) is 8.81. The Kier molecular flexibility index (Phi) is 7.31. The van der Waals surface area contributed by atoms with E-state index in [4.69, 9.17) is 26.2 Å². The SMILES string of the molecule is COc1cccc(C=NN=C2NC(=O)C(CC(=O)O)S2)c1OCc1ccc(Cl)cc1. The van der Waals surface area contributed by atoms with Gasteiger partial charge in [-0.25, -0.2) is 0 Å². The first kappa shape index (κ1) is 21.7. The van der Waals surface area contributed by atoms with Crippen molar-refractivity contribution in [2.75, 3.05) is 7.11 Å². The third-order valence-electron chi connectivity index (χ3n) is 4.01. The first-order chi connectivity index (χ1) is 14.5. The summed E-state index contributed by atoms with van der Waals surface area (Å²) < 4.78 is 11.3. The van der Waals surface area contributed by atoms with Crippen molar-refractivity contribution < 1.29 is 24.2 Å². The van der Waals surface area contributed by atoms with Crippen molar-refractivity contribution >= 4 is 46.6 Å². The molecule has 0 bridgehead atoms. The number of aliphatic carboxylic acids is 1. The number of hydrogen-bond donors (Lipinski definition) is 2. The Morgan fingerprint density at radius 2 is 2.07 bits per heavy atom. The molecule has 1 aliphatic heterocycles. The van der Waals surface area contributed by atoms with Crippen LogP contribution in [0.5, 0.6) is 11.5 Å². The molecule has 3 rings (SSSR count). The fourth-order valence-electron chi connectivity index (χ4n) is 2.57. The molecule has 1 atom stereocenters. The van der Waals surface area contributed by atoms with E-state index in [0.29, 0.717) is 28.7 Å². The van der Waals surface area contributed by atoms with Crippen LogP contribution in [0.2, 0.25) is 5.02 Å². The molecule has 2 N–H and O–H groups in total. The van der Waals surface area contributed by atoms with Crippen molar-refractivity contribution in [3.63, 3.8) is 0 Å². The van der Waals surface area contributed by atoms with E-state index in [9.17, 15) is 9.59 Å². The highest BCUT2D eigenvalue weighted by molar-refractivity contribution is 8.15. The second-order valence-electron chi connectivity index (χ2n) is 6.14. The van der Waals surface area contributed by atoms with Crippen molar-refractivity contribution in [1.82, 2.24) is 5.32 Å². The van der Waals surface area contributed by atoms with Gasteiger partial charge in [-0.2, -0.15) is 5.10 Å². The van der Waals surface area contributed by atoms with E-state index in [1.165, 1.54) is 6.21 Å². The van der Waals surface area contributed by atoms with Gasteiger partial charge < -0.3 is 19.9 Å². The Hall–Kier alpha value is -3.04. The summed E-state index contributed by atoms with van der Waals surface area (Å²) in [6.45, 7) is 0.301. The van der Waals surface area contributed by atoms with Crippen LogP contribution >= 0.6 is 23.4 Å². The molecular formula is C20H18ClN3O5S. The molecule has 0 aromatic heterocycles. The van der Waals surface area contributed by atoms with Gasteiger partial charge in [-0.3, -0.25) is 9.59 Å². The third kappa shape index (κ3) is 5.74. The standard InChI is InChI=1S/C20H18ClN3O5S/c1-28-15-4-2-3-13(18(15)29-11-12-5-7-14(21)8-6-12)10-22-24-20-23-19(27)16(30-20)9-17(25)26/h2-8,10,16H,9,11H2,1H3,(H,25,26)(H,23,24,27). The normalized spacial score (nSPS) is 17.3. The number of halogens is 1. The number of amides is 1. The Morgan fingerprint density at radius 1 is 1.30 bits per heavy atom. The number of thioether (sulfide) groups is 1. The zero-order chi connectivity index (χ0) is 21.5. The second-order valence-corrected chi connectivity index (χ2v) is 7.76. The maximum Gasteiger partial charge on any atom is 0.305 e. The van der Waals surface area contributed by atoms with Crippen LogP contribution in [0.25, 0.3) is 0 Å². The Morgan fingerprint density at radius 3 is 2.77 bits per heavy atom. The predicted octanol–water partition coefficient (Wildman–Crippen LogP) is 3.32. The number of carbonyl (C=O) groups excluding carboxylic acids is 1. The van der Waals surface area contributed by atoms with E-state index < -0.39 is 17.1 Å². The molecule has 10 heteroatoms. The maximum atomic E-state index is 11.8. The van der Waals surface area contributed by atoms with Gasteiger partial charge in [0.05, 0.1) is 19.7 Å². The van der Waals surface area contributed by atoms with Gasteiger partial charge in [-0.15, -0.1) is 5.10 Å². The van der Waals surface area contributed by atoms with Crippen molar-refractivity contribution in [2.45, 2.75) is 18.3 Å². The molecule has 1 heterocycles. The highest BCUT2D eigenvalue weighted by Gasteiger charge is 2.32. The lowest BCUT2D eigenvalue weighted by Gasteiger charge is -2.13. The molecule has 1 amide bonds. The van der Waals surface area contributed by atoms with Gasteiger partial charge >= 0.3 is 5.97 Å². The largest absolute Gasteiger partial charge is 0.493 e. The van der Waals surface area contributed by atoms with Crippen LogP contribution in [0.3, 0.4) is 0 Å². The van der Waals surface area contributed by atoms with Crippen molar-refractivity contribution in [1.29, 1.82) is 0 Å². The Labute approximate surface area is 181 Å². The van der Waals surface area contributed by atoms with Crippen LogP contribution in [0.15, 0.2) is 52.7 Å². The van der Waals surface area contributed by atoms with Crippen LogP contribution in [0.4, 0.5) is 0 Å². The van der Waals surface area contributed by atoms with E-state index >= 15 is 0 Å². The Balaban J connectivity index is 1.73. The quantitative estimate of drug-likeness (QED) is 0.474. The summed E-state index contributed by atoms with van der Waals surface area (Å²) in [4.78, 5) is 22.5. The molecule has 0 aliphatic carbocycles. The number of rotatable bonds is 8. The number of carboxylic acids is 1. The molecule has 8 nitrogen and oxygen atoms in total. The van der Waals surface area contributed by atoms with Gasteiger partial charge in [0.15, 0.2) is 16.7 Å². The van der Waals surface area contributed by atoms with E-state index in [1.807, 2.05) is 12.1 Å². The molecule has 2 aromatic rings. The van der Waals surface area contributed by atoms with Gasteiger partial charge in [-0.05, 0) is 29.8 Å². The number of carboxylic acid groups (broad SMARTS) is 1. The molecule has 1 fully saturated rings. The molecule has 0 spiro atoms. The van der Waals surface area contributed by atoms with Gasteiger partial charge in [0.1, 0.15) is 11.9 Å². The first-order valence-corrected chi connectivity index (χ1v) is 10.1. The van der Waals surface area contributed by atoms with E-state index in [-0.39, 0.29) is 11.6 Å². The van der Waals surface area contributed by atoms with E-state index in [1.54, 1.807) is 37.4 Å². The minimum Gasteiger partial charge on any atom is -0.493 e. The highest BCUT2D eigenvalue weighted by atomic mass is 35.5. The Bertz CT molecular complexity index is 994. The molecule has 1 aliphatic rings. The van der Waals surface area contributed by atoms with Gasteiger partial charge in [0.2, 0.25) is 5.91 Å². The summed E-state index contributed by atoms with van der Waals surface area (Å²) in [5.41, 5.74) is 1.56. The zero-order valence-corrected chi connectivity index (χ0v) is 17.4. The summed E-state index contributed by atoms with van der Waals surface area (Å²) in [5, 5.41) is 19.5. The van der Waals surface area contributed by atoms with Gasteiger partial charge in [0, 0.05) is 10.6 Å². The minimum absolute atomic E-state index is 0.244. The van der Waals surface area contributed by atoms with Crippen LogP contribution in [-0.2, 0) is 16.2 Å². The zero-order valence-electron chi connectivity index (χ0n) is 15.9.